The van der Waals surface area contributed by atoms with Gasteiger partial charge in [-0.2, -0.15) is 5.10 Å². The Kier molecular flexibility index (Phi) is 5.34. The molecular formula is C22H18FN3OS2. The molecule has 0 bridgehead atoms. The summed E-state index contributed by atoms with van der Waals surface area (Å²) in [6.07, 6.45) is 3.63. The van der Waals surface area contributed by atoms with Gasteiger partial charge in [-0.05, 0) is 43.7 Å². The van der Waals surface area contributed by atoms with E-state index in [0.717, 1.165) is 11.3 Å². The van der Waals surface area contributed by atoms with E-state index in [4.69, 9.17) is 12.2 Å². The van der Waals surface area contributed by atoms with E-state index >= 15 is 0 Å². The minimum absolute atomic E-state index is 0.115. The number of nitrogens with zero attached hydrogens (tertiary/aromatic N) is 3. The van der Waals surface area contributed by atoms with Gasteiger partial charge in [0.05, 0.1) is 10.6 Å². The van der Waals surface area contributed by atoms with E-state index in [1.54, 1.807) is 28.6 Å². The zero-order valence-corrected chi connectivity index (χ0v) is 17.6. The van der Waals surface area contributed by atoms with Crippen molar-refractivity contribution in [3.8, 4) is 16.9 Å². The van der Waals surface area contributed by atoms with Crippen molar-refractivity contribution >= 4 is 40.3 Å². The molecule has 1 aliphatic rings. The number of aryl methyl sites for hydroxylation is 1. The Morgan fingerprint density at radius 1 is 1.21 bits per heavy atom. The van der Waals surface area contributed by atoms with Gasteiger partial charge < -0.3 is 0 Å². The number of para-hydroxylation sites is 1. The van der Waals surface area contributed by atoms with Crippen molar-refractivity contribution in [1.29, 1.82) is 0 Å². The molecule has 3 aromatic rings. The number of likely N-dealkylation sites (N-methyl/N-ethyl adjacent to an activating group) is 1. The van der Waals surface area contributed by atoms with Crippen LogP contribution < -0.4 is 0 Å². The zero-order chi connectivity index (χ0) is 20.5. The predicted molar refractivity (Wildman–Crippen MR) is 119 cm³/mol. The number of hydrogen-bond donors (Lipinski definition) is 0. The number of carbonyl (C=O) groups excluding carboxylic acids is 1. The number of thiocarbonyl (C=S) groups is 1. The Bertz CT molecular complexity index is 1140. The Balaban J connectivity index is 1.85. The number of hydrogen-bond acceptors (Lipinski definition) is 4. The van der Waals surface area contributed by atoms with Crippen LogP contribution in [-0.4, -0.2) is 31.5 Å². The molecule has 0 unspecified atom stereocenters. The molecule has 29 heavy (non-hydrogen) atoms. The van der Waals surface area contributed by atoms with E-state index in [9.17, 15) is 9.18 Å². The smallest absolute Gasteiger partial charge is 0.266 e. The lowest BCUT2D eigenvalue weighted by molar-refractivity contribution is -0.121. The van der Waals surface area contributed by atoms with Gasteiger partial charge in [-0.15, -0.1) is 0 Å². The molecule has 0 radical (unpaired) electrons. The van der Waals surface area contributed by atoms with Crippen molar-refractivity contribution in [2.45, 2.75) is 13.8 Å². The van der Waals surface area contributed by atoms with Gasteiger partial charge >= 0.3 is 0 Å². The Hall–Kier alpha value is -2.77. The van der Waals surface area contributed by atoms with E-state index in [2.05, 4.69) is 5.10 Å². The highest BCUT2D eigenvalue weighted by atomic mass is 32.2. The number of rotatable bonds is 4. The van der Waals surface area contributed by atoms with E-state index in [-0.39, 0.29) is 11.7 Å². The highest BCUT2D eigenvalue weighted by Gasteiger charge is 2.31. The maximum Gasteiger partial charge on any atom is 0.266 e. The van der Waals surface area contributed by atoms with Crippen molar-refractivity contribution < 1.29 is 9.18 Å². The maximum atomic E-state index is 14.2. The first kappa shape index (κ1) is 19.5. The summed E-state index contributed by atoms with van der Waals surface area (Å²) in [5, 5.41) is 4.69. The van der Waals surface area contributed by atoms with Gasteiger partial charge in [0.25, 0.3) is 5.91 Å². The third kappa shape index (κ3) is 3.75. The molecule has 4 rings (SSSR count). The van der Waals surface area contributed by atoms with Gasteiger partial charge in [0.2, 0.25) is 0 Å². The van der Waals surface area contributed by atoms with E-state index in [1.807, 2.05) is 49.5 Å². The first-order valence-corrected chi connectivity index (χ1v) is 10.4. The van der Waals surface area contributed by atoms with Crippen LogP contribution in [0, 0.1) is 12.7 Å². The van der Waals surface area contributed by atoms with Crippen LogP contribution in [0.1, 0.15) is 18.1 Å². The topological polar surface area (TPSA) is 38.1 Å². The molecule has 146 valence electrons. The molecule has 4 nitrogen and oxygen atoms in total. The maximum absolute atomic E-state index is 14.2. The number of thioether (sulfide) groups is 1. The molecule has 1 saturated heterocycles. The first-order chi connectivity index (χ1) is 14.0. The van der Waals surface area contributed by atoms with E-state index in [0.29, 0.717) is 32.6 Å². The summed E-state index contributed by atoms with van der Waals surface area (Å²) in [5.41, 5.74) is 3.44. The van der Waals surface area contributed by atoms with Gasteiger partial charge in [-0.1, -0.05) is 54.3 Å². The fourth-order valence-corrected chi connectivity index (χ4v) is 4.46. The highest BCUT2D eigenvalue weighted by Crippen LogP contribution is 2.35. The normalized spacial score (nSPS) is 15.6. The number of halogens is 1. The molecular weight excluding hydrogens is 405 g/mol. The van der Waals surface area contributed by atoms with Crippen molar-refractivity contribution in [3.05, 3.63) is 76.6 Å². The Morgan fingerprint density at radius 3 is 2.62 bits per heavy atom. The molecule has 0 N–H and O–H groups in total. The van der Waals surface area contributed by atoms with Crippen LogP contribution >= 0.6 is 24.0 Å². The second-order valence-corrected chi connectivity index (χ2v) is 8.28. The molecule has 2 heterocycles. The minimum atomic E-state index is -0.292. The molecule has 1 aliphatic heterocycles. The summed E-state index contributed by atoms with van der Waals surface area (Å²) < 4.78 is 16.5. The second kappa shape index (κ2) is 7.93. The molecule has 2 aromatic carbocycles. The fourth-order valence-electron chi connectivity index (χ4n) is 3.08. The largest absolute Gasteiger partial charge is 0.293 e. The third-order valence-corrected chi connectivity index (χ3v) is 6.06. The van der Waals surface area contributed by atoms with Crippen LogP contribution in [-0.2, 0) is 4.79 Å². The van der Waals surface area contributed by atoms with Gasteiger partial charge in [-0.25, -0.2) is 9.07 Å². The summed E-state index contributed by atoms with van der Waals surface area (Å²) >= 11 is 6.58. The van der Waals surface area contributed by atoms with Crippen molar-refractivity contribution in [2.75, 3.05) is 6.54 Å². The predicted octanol–water partition coefficient (Wildman–Crippen LogP) is 5.21. The summed E-state index contributed by atoms with van der Waals surface area (Å²) in [5.74, 6) is -0.406. The van der Waals surface area contributed by atoms with Crippen LogP contribution in [0.15, 0.2) is 59.6 Å². The number of carbonyl (C=O) groups is 1. The lowest BCUT2D eigenvalue weighted by atomic mass is 10.1. The molecule has 0 saturated carbocycles. The van der Waals surface area contributed by atoms with E-state index in [1.165, 1.54) is 17.8 Å². The number of aromatic nitrogens is 2. The molecule has 1 fully saturated rings. The lowest BCUT2D eigenvalue weighted by Gasteiger charge is -2.09. The lowest BCUT2D eigenvalue weighted by Crippen LogP contribution is -2.27. The summed E-state index contributed by atoms with van der Waals surface area (Å²) in [4.78, 5) is 14.7. The molecule has 1 aromatic heterocycles. The van der Waals surface area contributed by atoms with Gasteiger partial charge in [-0.3, -0.25) is 9.69 Å². The third-order valence-electron chi connectivity index (χ3n) is 4.68. The second-order valence-electron chi connectivity index (χ2n) is 6.60. The van der Waals surface area contributed by atoms with Crippen LogP contribution in [0.25, 0.3) is 23.0 Å². The molecule has 1 amide bonds. The standard InChI is InChI=1S/C22H18FN3OS2/c1-3-25-21(27)19(29-22(25)28)12-16-13-26(17-7-5-4-6-8-17)24-20(16)15-10-9-14(2)18(23)11-15/h4-13H,3H2,1-2H3. The number of amides is 1. The minimum Gasteiger partial charge on any atom is -0.293 e. The van der Waals surface area contributed by atoms with Gasteiger partial charge in [0.15, 0.2) is 0 Å². The van der Waals surface area contributed by atoms with E-state index < -0.39 is 0 Å². The number of benzene rings is 2. The van der Waals surface area contributed by atoms with Crippen LogP contribution in [0.2, 0.25) is 0 Å². The van der Waals surface area contributed by atoms with Crippen molar-refractivity contribution in [2.24, 2.45) is 0 Å². The summed E-state index contributed by atoms with van der Waals surface area (Å²) in [6.45, 7) is 4.14. The first-order valence-electron chi connectivity index (χ1n) is 9.15. The van der Waals surface area contributed by atoms with Crippen LogP contribution in [0.3, 0.4) is 0 Å². The highest BCUT2D eigenvalue weighted by molar-refractivity contribution is 8.26. The zero-order valence-electron chi connectivity index (χ0n) is 15.9. The fraction of sp³-hybridized carbons (Fsp3) is 0.136. The summed E-state index contributed by atoms with van der Waals surface area (Å²) in [7, 11) is 0. The Morgan fingerprint density at radius 2 is 1.97 bits per heavy atom. The van der Waals surface area contributed by atoms with Crippen molar-refractivity contribution in [3.63, 3.8) is 0 Å². The molecule has 0 aliphatic carbocycles. The Labute approximate surface area is 178 Å². The average Bonchev–Trinajstić information content (AvgIpc) is 3.25. The van der Waals surface area contributed by atoms with Crippen LogP contribution in [0.4, 0.5) is 4.39 Å². The average molecular weight is 424 g/mol. The molecule has 7 heteroatoms. The molecule has 0 spiro atoms. The van der Waals surface area contributed by atoms with Gasteiger partial charge in [0, 0.05) is 23.9 Å². The van der Waals surface area contributed by atoms with Gasteiger partial charge in [0.1, 0.15) is 15.8 Å². The molecule has 0 atom stereocenters. The quantitative estimate of drug-likeness (QED) is 0.427. The van der Waals surface area contributed by atoms with Crippen LogP contribution in [0.5, 0.6) is 0 Å². The SMILES string of the molecule is CCN1C(=O)C(=Cc2cn(-c3ccccc3)nc2-c2ccc(C)c(F)c2)SC1=S. The monoisotopic (exact) mass is 423 g/mol. The van der Waals surface area contributed by atoms with Crippen molar-refractivity contribution in [1.82, 2.24) is 14.7 Å². The summed E-state index contributed by atoms with van der Waals surface area (Å²) in [6, 6.07) is 14.7.